The minimum Gasteiger partial charge on any atom is -0.381 e. The highest BCUT2D eigenvalue weighted by Gasteiger charge is 2.10. The molecule has 3 nitrogen and oxygen atoms in total. The van der Waals surface area contributed by atoms with E-state index >= 15 is 0 Å². The number of nitrogens with one attached hydrogen (secondary N) is 1. The van der Waals surface area contributed by atoms with Crippen molar-refractivity contribution in [2.45, 2.75) is 6.54 Å². The van der Waals surface area contributed by atoms with E-state index in [-0.39, 0.29) is 5.82 Å². The van der Waals surface area contributed by atoms with Crippen LogP contribution in [0.3, 0.4) is 0 Å². The molecule has 0 saturated carbocycles. The van der Waals surface area contributed by atoms with Gasteiger partial charge in [0.15, 0.2) is 0 Å². The van der Waals surface area contributed by atoms with Crippen LogP contribution >= 0.6 is 22.6 Å². The molecular formula is C22H17FIN3. The molecule has 0 spiro atoms. The Kier molecular flexibility index (Phi) is 4.94. The van der Waals surface area contributed by atoms with Gasteiger partial charge in [-0.25, -0.2) is 9.07 Å². The highest BCUT2D eigenvalue weighted by molar-refractivity contribution is 14.1. The second-order valence-corrected chi connectivity index (χ2v) is 7.48. The molecule has 0 amide bonds. The lowest BCUT2D eigenvalue weighted by Crippen LogP contribution is -2.11. The molecule has 0 atom stereocenters. The zero-order chi connectivity index (χ0) is 18.8. The molecule has 1 aromatic heterocycles. The Labute approximate surface area is 170 Å². The fourth-order valence-corrected chi connectivity index (χ4v) is 3.37. The van der Waals surface area contributed by atoms with E-state index in [2.05, 4.69) is 63.9 Å². The van der Waals surface area contributed by atoms with Gasteiger partial charge in [0.25, 0.3) is 0 Å². The summed E-state index contributed by atoms with van der Waals surface area (Å²) < 4.78 is 16.2. The zero-order valence-electron chi connectivity index (χ0n) is 14.5. The Morgan fingerprint density at radius 1 is 1.04 bits per heavy atom. The average molecular weight is 469 g/mol. The van der Waals surface area contributed by atoms with Crippen LogP contribution in [0.15, 0.2) is 79.5 Å². The van der Waals surface area contributed by atoms with Crippen LogP contribution in [-0.2, 0) is 6.54 Å². The number of fused-ring (bicyclic) bond motifs is 1. The Hall–Kier alpha value is -2.67. The average Bonchev–Trinajstić information content (AvgIpc) is 3.12. The van der Waals surface area contributed by atoms with Crippen molar-refractivity contribution in [3.63, 3.8) is 0 Å². The number of hydrogen-bond donors (Lipinski definition) is 1. The van der Waals surface area contributed by atoms with Crippen LogP contribution in [0.25, 0.3) is 22.3 Å². The Balaban J connectivity index is 1.61. The van der Waals surface area contributed by atoms with Crippen LogP contribution in [0.5, 0.6) is 0 Å². The number of nitrogens with zero attached hydrogens (tertiary/aromatic N) is 2. The summed E-state index contributed by atoms with van der Waals surface area (Å²) in [5.41, 5.74) is 4.83. The molecule has 1 N–H and O–H groups in total. The van der Waals surface area contributed by atoms with Crippen LogP contribution in [0.2, 0.25) is 0 Å². The van der Waals surface area contributed by atoms with Crippen LogP contribution < -0.4 is 5.32 Å². The molecule has 0 saturated heterocycles. The van der Waals surface area contributed by atoms with Crippen molar-refractivity contribution in [3.8, 4) is 5.69 Å². The van der Waals surface area contributed by atoms with Crippen molar-refractivity contribution in [3.05, 3.63) is 100 Å². The van der Waals surface area contributed by atoms with Gasteiger partial charge in [-0.1, -0.05) is 30.8 Å². The van der Waals surface area contributed by atoms with Crippen LogP contribution in [0.1, 0.15) is 11.1 Å². The molecule has 27 heavy (non-hydrogen) atoms. The lowest BCUT2D eigenvalue weighted by atomic mass is 10.1. The quantitative estimate of drug-likeness (QED) is 0.390. The Morgan fingerprint density at radius 2 is 1.78 bits per heavy atom. The first-order valence-electron chi connectivity index (χ1n) is 8.52. The Morgan fingerprint density at radius 3 is 2.52 bits per heavy atom. The number of hydrogen-bond acceptors (Lipinski definition) is 2. The molecule has 0 radical (unpaired) electrons. The van der Waals surface area contributed by atoms with Gasteiger partial charge in [0, 0.05) is 26.8 Å². The van der Waals surface area contributed by atoms with E-state index in [9.17, 15) is 4.39 Å². The molecule has 0 unspecified atom stereocenters. The molecule has 0 aliphatic heterocycles. The molecule has 5 heteroatoms. The van der Waals surface area contributed by atoms with Gasteiger partial charge in [0.05, 0.1) is 17.4 Å². The molecule has 0 aliphatic carbocycles. The highest BCUT2D eigenvalue weighted by Crippen LogP contribution is 2.25. The fourth-order valence-electron chi connectivity index (χ4n) is 3.01. The van der Waals surface area contributed by atoms with Gasteiger partial charge in [-0.2, -0.15) is 5.10 Å². The van der Waals surface area contributed by atoms with Gasteiger partial charge in [-0.15, -0.1) is 0 Å². The predicted octanol–water partition coefficient (Wildman–Crippen LogP) is 5.53. The van der Waals surface area contributed by atoms with Crippen molar-refractivity contribution < 1.29 is 4.39 Å². The SMILES string of the molecule is C=C(NCc1ccc(I)cc1)c1cccc2c1cnn2-c1ccc(F)cc1. The zero-order valence-corrected chi connectivity index (χ0v) is 16.7. The van der Waals surface area contributed by atoms with Gasteiger partial charge in [0.1, 0.15) is 5.82 Å². The van der Waals surface area contributed by atoms with Crippen LogP contribution in [-0.4, -0.2) is 9.78 Å². The monoisotopic (exact) mass is 469 g/mol. The molecule has 0 fully saturated rings. The maximum absolute atomic E-state index is 13.2. The van der Waals surface area contributed by atoms with Crippen LogP contribution in [0, 0.1) is 9.39 Å². The van der Waals surface area contributed by atoms with Gasteiger partial charge in [-0.3, -0.25) is 0 Å². The van der Waals surface area contributed by atoms with E-state index in [0.29, 0.717) is 6.54 Å². The second-order valence-electron chi connectivity index (χ2n) is 6.23. The first-order chi connectivity index (χ1) is 13.1. The third-order valence-electron chi connectivity index (χ3n) is 4.43. The maximum Gasteiger partial charge on any atom is 0.123 e. The van der Waals surface area contributed by atoms with E-state index < -0.39 is 0 Å². The Bertz CT molecular complexity index is 1100. The van der Waals surface area contributed by atoms with Crippen molar-refractivity contribution in [2.75, 3.05) is 0 Å². The first kappa shape index (κ1) is 17.7. The van der Waals surface area contributed by atoms with E-state index in [1.165, 1.54) is 21.3 Å². The molecule has 4 aromatic rings. The molecular weight excluding hydrogens is 452 g/mol. The number of rotatable bonds is 5. The highest BCUT2D eigenvalue weighted by atomic mass is 127. The van der Waals surface area contributed by atoms with Crippen molar-refractivity contribution >= 4 is 39.2 Å². The van der Waals surface area contributed by atoms with E-state index in [1.54, 1.807) is 12.1 Å². The number of aromatic nitrogens is 2. The number of benzene rings is 3. The van der Waals surface area contributed by atoms with Gasteiger partial charge in [-0.05, 0) is 70.6 Å². The summed E-state index contributed by atoms with van der Waals surface area (Å²) in [6.45, 7) is 4.91. The van der Waals surface area contributed by atoms with E-state index in [4.69, 9.17) is 0 Å². The molecule has 134 valence electrons. The summed E-state index contributed by atoms with van der Waals surface area (Å²) in [4.78, 5) is 0. The smallest absolute Gasteiger partial charge is 0.123 e. The molecule has 3 aromatic carbocycles. The van der Waals surface area contributed by atoms with Gasteiger partial charge in [0.2, 0.25) is 0 Å². The third kappa shape index (κ3) is 3.73. The lowest BCUT2D eigenvalue weighted by molar-refractivity contribution is 0.627. The van der Waals surface area contributed by atoms with Gasteiger partial charge >= 0.3 is 0 Å². The fraction of sp³-hybridized carbons (Fsp3) is 0.0455. The minimum absolute atomic E-state index is 0.260. The lowest BCUT2D eigenvalue weighted by Gasteiger charge is -2.11. The second kappa shape index (κ2) is 7.52. The largest absolute Gasteiger partial charge is 0.381 e. The molecule has 4 rings (SSSR count). The van der Waals surface area contributed by atoms with Crippen molar-refractivity contribution in [1.29, 1.82) is 0 Å². The maximum atomic E-state index is 13.2. The number of halogens is 2. The first-order valence-corrected chi connectivity index (χ1v) is 9.60. The molecule has 0 aliphatic rings. The van der Waals surface area contributed by atoms with E-state index in [0.717, 1.165) is 27.9 Å². The van der Waals surface area contributed by atoms with E-state index in [1.807, 2.05) is 29.1 Å². The normalized spacial score (nSPS) is 10.9. The summed E-state index contributed by atoms with van der Waals surface area (Å²) >= 11 is 2.30. The van der Waals surface area contributed by atoms with Gasteiger partial charge < -0.3 is 5.32 Å². The topological polar surface area (TPSA) is 29.9 Å². The van der Waals surface area contributed by atoms with Crippen molar-refractivity contribution in [2.24, 2.45) is 0 Å². The van der Waals surface area contributed by atoms with Crippen molar-refractivity contribution in [1.82, 2.24) is 15.1 Å². The minimum atomic E-state index is -0.260. The summed E-state index contributed by atoms with van der Waals surface area (Å²) in [6.07, 6.45) is 1.83. The summed E-state index contributed by atoms with van der Waals surface area (Å²) in [6, 6.07) is 20.7. The molecule has 1 heterocycles. The predicted molar refractivity (Wildman–Crippen MR) is 116 cm³/mol. The summed E-state index contributed by atoms with van der Waals surface area (Å²) in [7, 11) is 0. The third-order valence-corrected chi connectivity index (χ3v) is 5.15. The van der Waals surface area contributed by atoms with Crippen LogP contribution in [0.4, 0.5) is 4.39 Å². The molecule has 0 bridgehead atoms. The summed E-state index contributed by atoms with van der Waals surface area (Å²) in [5, 5.41) is 8.89. The summed E-state index contributed by atoms with van der Waals surface area (Å²) in [5.74, 6) is -0.260. The standard InChI is InChI=1S/C22H17FIN3/c1-15(25-13-16-5-9-18(24)10-6-16)20-3-2-4-22-21(20)14-26-27(22)19-11-7-17(23)8-12-19/h2-12,14,25H,1,13H2.